The Kier molecular flexibility index (Phi) is 4.21. The fourth-order valence-electron chi connectivity index (χ4n) is 3.61. The molecule has 0 bridgehead atoms. The summed E-state index contributed by atoms with van der Waals surface area (Å²) in [6.45, 7) is 5.07. The number of hydrogen-bond donors (Lipinski definition) is 2. The number of piperazine rings is 1. The fraction of sp³-hybridized carbons (Fsp3) is 0.857. The van der Waals surface area contributed by atoms with E-state index in [0.29, 0.717) is 19.1 Å². The zero-order valence-corrected chi connectivity index (χ0v) is 11.9. The molecule has 2 unspecified atom stereocenters. The standard InChI is InChI=1S/C14H24N4O2/c19-13(14(20)18-8-4-15-5-9-18)16-11-3-7-17-6-1-2-12(17)10-11/h11-12,15H,1-10H2,(H,16,19). The highest BCUT2D eigenvalue weighted by Gasteiger charge is 2.33. The van der Waals surface area contributed by atoms with E-state index in [2.05, 4.69) is 15.5 Å². The van der Waals surface area contributed by atoms with Crippen LogP contribution in [0.2, 0.25) is 0 Å². The molecule has 6 nitrogen and oxygen atoms in total. The maximum atomic E-state index is 12.1. The van der Waals surface area contributed by atoms with Gasteiger partial charge in [0.25, 0.3) is 0 Å². The van der Waals surface area contributed by atoms with Crippen LogP contribution in [0.5, 0.6) is 0 Å². The van der Waals surface area contributed by atoms with Gasteiger partial charge < -0.3 is 20.4 Å². The summed E-state index contributed by atoms with van der Waals surface area (Å²) in [5.41, 5.74) is 0. The van der Waals surface area contributed by atoms with E-state index < -0.39 is 5.91 Å². The molecule has 6 heteroatoms. The molecule has 112 valence electrons. The molecule has 2 atom stereocenters. The van der Waals surface area contributed by atoms with Crippen molar-refractivity contribution in [2.45, 2.75) is 37.8 Å². The highest BCUT2D eigenvalue weighted by Crippen LogP contribution is 2.26. The van der Waals surface area contributed by atoms with Gasteiger partial charge in [-0.3, -0.25) is 9.59 Å². The van der Waals surface area contributed by atoms with Crippen molar-refractivity contribution in [2.75, 3.05) is 39.3 Å². The number of nitrogens with one attached hydrogen (secondary N) is 2. The Balaban J connectivity index is 1.49. The number of carbonyl (C=O) groups is 2. The third-order valence-electron chi connectivity index (χ3n) is 4.75. The van der Waals surface area contributed by atoms with Crippen molar-refractivity contribution in [3.8, 4) is 0 Å². The van der Waals surface area contributed by atoms with E-state index in [1.807, 2.05) is 0 Å². The monoisotopic (exact) mass is 280 g/mol. The number of piperidine rings is 1. The molecule has 3 heterocycles. The Morgan fingerprint density at radius 2 is 1.85 bits per heavy atom. The third kappa shape index (κ3) is 2.96. The van der Waals surface area contributed by atoms with Gasteiger partial charge in [0.15, 0.2) is 0 Å². The van der Waals surface area contributed by atoms with Crippen molar-refractivity contribution in [1.82, 2.24) is 20.4 Å². The first-order valence-electron chi connectivity index (χ1n) is 7.78. The molecule has 3 rings (SSSR count). The van der Waals surface area contributed by atoms with E-state index in [-0.39, 0.29) is 11.9 Å². The molecule has 3 fully saturated rings. The third-order valence-corrected chi connectivity index (χ3v) is 4.75. The number of fused-ring (bicyclic) bond motifs is 1. The number of rotatable bonds is 1. The molecule has 0 radical (unpaired) electrons. The van der Waals surface area contributed by atoms with Crippen LogP contribution >= 0.6 is 0 Å². The minimum atomic E-state index is -0.414. The second kappa shape index (κ2) is 6.10. The second-order valence-electron chi connectivity index (χ2n) is 6.07. The molecule has 2 amide bonds. The number of carbonyl (C=O) groups excluding carboxylic acids is 2. The first-order chi connectivity index (χ1) is 9.74. The van der Waals surface area contributed by atoms with Crippen LogP contribution in [-0.4, -0.2) is 73.0 Å². The Morgan fingerprint density at radius 1 is 1.05 bits per heavy atom. The highest BCUT2D eigenvalue weighted by atomic mass is 16.2. The van der Waals surface area contributed by atoms with E-state index in [1.54, 1.807) is 4.90 Å². The summed E-state index contributed by atoms with van der Waals surface area (Å²) in [6, 6.07) is 0.789. The molecule has 3 aliphatic rings. The molecule has 0 aliphatic carbocycles. The van der Waals surface area contributed by atoms with Crippen LogP contribution in [0.15, 0.2) is 0 Å². The van der Waals surface area contributed by atoms with Crippen molar-refractivity contribution in [3.63, 3.8) is 0 Å². The SMILES string of the molecule is O=C(NC1CCN2CCCC2C1)C(=O)N1CCNCC1. The van der Waals surface area contributed by atoms with Crippen LogP contribution in [-0.2, 0) is 9.59 Å². The number of amides is 2. The van der Waals surface area contributed by atoms with Crippen molar-refractivity contribution in [1.29, 1.82) is 0 Å². The Labute approximate surface area is 119 Å². The first-order valence-corrected chi connectivity index (χ1v) is 7.78. The molecular formula is C14H24N4O2. The van der Waals surface area contributed by atoms with Gasteiger partial charge in [-0.1, -0.05) is 0 Å². The smallest absolute Gasteiger partial charge is 0.311 e. The highest BCUT2D eigenvalue weighted by molar-refractivity contribution is 6.35. The van der Waals surface area contributed by atoms with E-state index >= 15 is 0 Å². The fourth-order valence-corrected chi connectivity index (χ4v) is 3.61. The lowest BCUT2D eigenvalue weighted by molar-refractivity contribution is -0.146. The van der Waals surface area contributed by atoms with Crippen molar-refractivity contribution < 1.29 is 9.59 Å². The summed E-state index contributed by atoms with van der Waals surface area (Å²) in [5.74, 6) is -0.774. The summed E-state index contributed by atoms with van der Waals surface area (Å²) in [7, 11) is 0. The average Bonchev–Trinajstić information content (AvgIpc) is 2.95. The molecule has 0 aromatic carbocycles. The molecule has 20 heavy (non-hydrogen) atoms. The van der Waals surface area contributed by atoms with Gasteiger partial charge in [-0.25, -0.2) is 0 Å². The molecule has 0 aromatic rings. The molecular weight excluding hydrogens is 256 g/mol. The molecule has 0 saturated carbocycles. The van der Waals surface area contributed by atoms with Crippen LogP contribution in [0.25, 0.3) is 0 Å². The van der Waals surface area contributed by atoms with Gasteiger partial charge in [0.05, 0.1) is 0 Å². The van der Waals surface area contributed by atoms with Gasteiger partial charge >= 0.3 is 11.8 Å². The minimum Gasteiger partial charge on any atom is -0.345 e. The van der Waals surface area contributed by atoms with Crippen molar-refractivity contribution >= 4 is 11.8 Å². The Hall–Kier alpha value is -1.14. The zero-order valence-electron chi connectivity index (χ0n) is 11.9. The van der Waals surface area contributed by atoms with Gasteiger partial charge in [0.2, 0.25) is 0 Å². The van der Waals surface area contributed by atoms with Crippen LogP contribution in [0.1, 0.15) is 25.7 Å². The van der Waals surface area contributed by atoms with Crippen LogP contribution in [0, 0.1) is 0 Å². The van der Waals surface area contributed by atoms with Gasteiger partial charge in [-0.2, -0.15) is 0 Å². The Bertz CT molecular complexity index is 381. The van der Waals surface area contributed by atoms with E-state index in [9.17, 15) is 9.59 Å². The van der Waals surface area contributed by atoms with Gasteiger partial charge in [0.1, 0.15) is 0 Å². The number of nitrogens with zero attached hydrogens (tertiary/aromatic N) is 2. The first kappa shape index (κ1) is 13.8. The topological polar surface area (TPSA) is 64.7 Å². The maximum absolute atomic E-state index is 12.1. The molecule has 2 N–H and O–H groups in total. The van der Waals surface area contributed by atoms with Gasteiger partial charge in [0, 0.05) is 44.8 Å². The van der Waals surface area contributed by atoms with E-state index in [0.717, 1.165) is 32.5 Å². The quantitative estimate of drug-likeness (QED) is 0.615. The van der Waals surface area contributed by atoms with E-state index in [1.165, 1.54) is 19.4 Å². The average molecular weight is 280 g/mol. The lowest BCUT2D eigenvalue weighted by Crippen LogP contribution is -2.54. The zero-order chi connectivity index (χ0) is 13.9. The lowest BCUT2D eigenvalue weighted by atomic mass is 9.97. The predicted octanol–water partition coefficient (Wildman–Crippen LogP) is -0.839. The summed E-state index contributed by atoms with van der Waals surface area (Å²) >= 11 is 0. The largest absolute Gasteiger partial charge is 0.345 e. The van der Waals surface area contributed by atoms with Crippen LogP contribution in [0.3, 0.4) is 0 Å². The predicted molar refractivity (Wildman–Crippen MR) is 75.2 cm³/mol. The summed E-state index contributed by atoms with van der Waals surface area (Å²) < 4.78 is 0. The van der Waals surface area contributed by atoms with Gasteiger partial charge in [-0.05, 0) is 32.2 Å². The summed E-state index contributed by atoms with van der Waals surface area (Å²) in [4.78, 5) is 28.3. The molecule has 3 aliphatic heterocycles. The lowest BCUT2D eigenvalue weighted by Gasteiger charge is -2.35. The maximum Gasteiger partial charge on any atom is 0.311 e. The molecule has 3 saturated heterocycles. The number of hydrogen-bond acceptors (Lipinski definition) is 4. The Morgan fingerprint density at radius 3 is 2.65 bits per heavy atom. The van der Waals surface area contributed by atoms with E-state index in [4.69, 9.17) is 0 Å². The molecule has 0 aromatic heterocycles. The molecule has 0 spiro atoms. The normalized spacial score (nSPS) is 30.9. The van der Waals surface area contributed by atoms with Crippen molar-refractivity contribution in [2.24, 2.45) is 0 Å². The summed E-state index contributed by atoms with van der Waals surface area (Å²) in [6.07, 6.45) is 4.47. The van der Waals surface area contributed by atoms with Crippen LogP contribution in [0.4, 0.5) is 0 Å². The second-order valence-corrected chi connectivity index (χ2v) is 6.07. The minimum absolute atomic E-state index is 0.175. The van der Waals surface area contributed by atoms with Crippen molar-refractivity contribution in [3.05, 3.63) is 0 Å². The van der Waals surface area contributed by atoms with Gasteiger partial charge in [-0.15, -0.1) is 0 Å². The van der Waals surface area contributed by atoms with Crippen LogP contribution < -0.4 is 10.6 Å². The summed E-state index contributed by atoms with van der Waals surface area (Å²) in [5, 5.41) is 6.14.